The minimum Gasteiger partial charge on any atom is -0.465 e. The van der Waals surface area contributed by atoms with Gasteiger partial charge in [-0.05, 0) is 6.42 Å². The van der Waals surface area contributed by atoms with Gasteiger partial charge in [-0.2, -0.15) is 0 Å². The number of ether oxygens (including phenoxy) is 3. The van der Waals surface area contributed by atoms with Crippen LogP contribution < -0.4 is 0 Å². The van der Waals surface area contributed by atoms with E-state index in [4.69, 9.17) is 14.2 Å². The van der Waals surface area contributed by atoms with Gasteiger partial charge in [0.15, 0.2) is 0 Å². The number of rotatable bonds is 11. The van der Waals surface area contributed by atoms with E-state index in [0.717, 1.165) is 6.08 Å². The summed E-state index contributed by atoms with van der Waals surface area (Å²) in [4.78, 5) is 27.0. The molecule has 1 heterocycles. The number of methoxy groups -OCH3 is 1. The Kier molecular flexibility index (Phi) is 8.04. The van der Waals surface area contributed by atoms with Crippen LogP contribution in [0.4, 0.5) is 0 Å². The molecule has 1 aromatic heterocycles. The number of hydrogen-bond donors (Lipinski definition) is 0. The molecular formula is C16H24N2O5. The molecule has 1 aromatic rings. The number of aromatic nitrogens is 2. The fourth-order valence-corrected chi connectivity index (χ4v) is 1.97. The molecule has 0 saturated carbocycles. The van der Waals surface area contributed by atoms with E-state index >= 15 is 0 Å². The summed E-state index contributed by atoms with van der Waals surface area (Å²) >= 11 is 0. The summed E-state index contributed by atoms with van der Waals surface area (Å²) in [6.07, 6.45) is 7.06. The van der Waals surface area contributed by atoms with Crippen LogP contribution in [-0.4, -0.2) is 48.4 Å². The summed E-state index contributed by atoms with van der Waals surface area (Å²) < 4.78 is 17.5. The van der Waals surface area contributed by atoms with Crippen LogP contribution in [0.5, 0.6) is 0 Å². The van der Waals surface area contributed by atoms with E-state index in [2.05, 4.69) is 11.6 Å². The number of aryl methyl sites for hydroxylation is 1. The molecule has 128 valence electrons. The maximum atomic E-state index is 11.9. The van der Waals surface area contributed by atoms with E-state index in [9.17, 15) is 9.59 Å². The molecule has 0 aliphatic heterocycles. The van der Waals surface area contributed by atoms with Crippen LogP contribution in [0.25, 0.3) is 0 Å². The third-order valence-electron chi connectivity index (χ3n) is 3.56. The third kappa shape index (κ3) is 6.65. The highest BCUT2D eigenvalue weighted by Gasteiger charge is 2.32. The van der Waals surface area contributed by atoms with Crippen molar-refractivity contribution < 1.29 is 23.8 Å². The number of imidazole rings is 1. The zero-order valence-electron chi connectivity index (χ0n) is 13.7. The van der Waals surface area contributed by atoms with E-state index in [1.165, 1.54) is 0 Å². The second kappa shape index (κ2) is 9.78. The summed E-state index contributed by atoms with van der Waals surface area (Å²) in [7, 11) is 1.56. The lowest BCUT2D eigenvalue weighted by molar-refractivity contribution is -0.155. The fourth-order valence-electron chi connectivity index (χ4n) is 1.97. The molecule has 0 N–H and O–H groups in total. The Morgan fingerprint density at radius 2 is 2.04 bits per heavy atom. The first-order valence-electron chi connectivity index (χ1n) is 7.44. The lowest BCUT2D eigenvalue weighted by Gasteiger charge is -2.30. The topological polar surface area (TPSA) is 79.7 Å². The van der Waals surface area contributed by atoms with Gasteiger partial charge in [0.1, 0.15) is 13.2 Å². The number of hydrogen-bond acceptors (Lipinski definition) is 6. The maximum Gasteiger partial charge on any atom is 0.330 e. The van der Waals surface area contributed by atoms with Crippen LogP contribution in [-0.2, 0) is 30.3 Å². The van der Waals surface area contributed by atoms with Crippen molar-refractivity contribution in [2.24, 2.45) is 5.41 Å². The van der Waals surface area contributed by atoms with Crippen LogP contribution in [0.2, 0.25) is 0 Å². The summed E-state index contributed by atoms with van der Waals surface area (Å²) in [5, 5.41) is 0. The number of esters is 2. The van der Waals surface area contributed by atoms with Crippen molar-refractivity contribution in [3.63, 3.8) is 0 Å². The Bertz CT molecular complexity index is 501. The van der Waals surface area contributed by atoms with Crippen LogP contribution >= 0.6 is 0 Å². The average Bonchev–Trinajstić information content (AvgIpc) is 3.08. The lowest BCUT2D eigenvalue weighted by atomic mass is 9.88. The molecule has 0 bridgehead atoms. The van der Waals surface area contributed by atoms with Crippen molar-refractivity contribution in [3.8, 4) is 0 Å². The Labute approximate surface area is 136 Å². The minimum atomic E-state index is -0.557. The minimum absolute atomic E-state index is 0.108. The monoisotopic (exact) mass is 324 g/mol. The van der Waals surface area contributed by atoms with Crippen LogP contribution in [0, 0.1) is 5.41 Å². The van der Waals surface area contributed by atoms with Gasteiger partial charge in [-0.15, -0.1) is 0 Å². The fraction of sp³-hybridized carbons (Fsp3) is 0.562. The highest BCUT2D eigenvalue weighted by molar-refractivity contribution is 5.81. The molecule has 0 aliphatic carbocycles. The maximum absolute atomic E-state index is 11.9. The summed E-state index contributed by atoms with van der Waals surface area (Å²) in [6, 6.07) is 0. The standard InChI is InChI=1S/C16H24N2O5/c1-4-14(19)22-11-16(5-2,10-21-3)12-23-15(20)6-8-18-9-7-17-13-18/h4,7,9,13H,1,5-6,8,10-12H2,2-3H3. The molecular weight excluding hydrogens is 300 g/mol. The van der Waals surface area contributed by atoms with Crippen LogP contribution in [0.3, 0.4) is 0 Å². The van der Waals surface area contributed by atoms with E-state index in [0.29, 0.717) is 19.6 Å². The van der Waals surface area contributed by atoms with Crippen LogP contribution in [0.1, 0.15) is 19.8 Å². The number of carbonyl (C=O) groups is 2. The Morgan fingerprint density at radius 3 is 2.61 bits per heavy atom. The highest BCUT2D eigenvalue weighted by Crippen LogP contribution is 2.24. The molecule has 7 heteroatoms. The van der Waals surface area contributed by atoms with Gasteiger partial charge in [0.25, 0.3) is 0 Å². The van der Waals surface area contributed by atoms with E-state index in [1.54, 1.807) is 30.4 Å². The van der Waals surface area contributed by atoms with Crippen molar-refractivity contribution in [3.05, 3.63) is 31.4 Å². The number of nitrogens with zero attached hydrogens (tertiary/aromatic N) is 2. The molecule has 0 spiro atoms. The first-order chi connectivity index (χ1) is 11.0. The van der Waals surface area contributed by atoms with Crippen molar-refractivity contribution in [1.82, 2.24) is 9.55 Å². The Morgan fingerprint density at radius 1 is 1.30 bits per heavy atom. The molecule has 0 radical (unpaired) electrons. The van der Waals surface area contributed by atoms with E-state index < -0.39 is 11.4 Å². The van der Waals surface area contributed by atoms with Crippen molar-refractivity contribution >= 4 is 11.9 Å². The van der Waals surface area contributed by atoms with Gasteiger partial charge in [-0.1, -0.05) is 13.5 Å². The molecule has 23 heavy (non-hydrogen) atoms. The molecule has 1 rings (SSSR count). The normalized spacial score (nSPS) is 13.1. The van der Waals surface area contributed by atoms with Crippen LogP contribution in [0.15, 0.2) is 31.4 Å². The van der Waals surface area contributed by atoms with Crippen molar-refractivity contribution in [2.45, 2.75) is 26.3 Å². The van der Waals surface area contributed by atoms with E-state index in [-0.39, 0.29) is 25.6 Å². The molecule has 7 nitrogen and oxygen atoms in total. The molecule has 0 amide bonds. The average molecular weight is 324 g/mol. The molecule has 0 saturated heterocycles. The first kappa shape index (κ1) is 18.9. The zero-order chi connectivity index (χ0) is 17.1. The SMILES string of the molecule is C=CC(=O)OCC(CC)(COC)COC(=O)CCn1ccnc1. The van der Waals surface area contributed by atoms with E-state index in [1.807, 2.05) is 6.92 Å². The van der Waals surface area contributed by atoms with Gasteiger partial charge in [0, 0.05) is 32.1 Å². The Hall–Kier alpha value is -2.15. The third-order valence-corrected chi connectivity index (χ3v) is 3.56. The Balaban J connectivity index is 2.49. The smallest absolute Gasteiger partial charge is 0.330 e. The summed E-state index contributed by atoms with van der Waals surface area (Å²) in [5.74, 6) is -0.826. The second-order valence-corrected chi connectivity index (χ2v) is 5.31. The molecule has 1 atom stereocenters. The lowest BCUT2D eigenvalue weighted by Crippen LogP contribution is -2.38. The largest absolute Gasteiger partial charge is 0.465 e. The van der Waals surface area contributed by atoms with Gasteiger partial charge in [-0.3, -0.25) is 4.79 Å². The predicted octanol–water partition coefficient (Wildman–Crippen LogP) is 1.59. The highest BCUT2D eigenvalue weighted by atomic mass is 16.6. The zero-order valence-corrected chi connectivity index (χ0v) is 13.7. The quantitative estimate of drug-likeness (QED) is 0.454. The van der Waals surface area contributed by atoms with Crippen molar-refractivity contribution in [1.29, 1.82) is 0 Å². The molecule has 1 unspecified atom stereocenters. The van der Waals surface area contributed by atoms with Gasteiger partial charge >= 0.3 is 11.9 Å². The van der Waals surface area contributed by atoms with Gasteiger partial charge in [0.2, 0.25) is 0 Å². The summed E-state index contributed by atoms with van der Waals surface area (Å²) in [6.45, 7) is 6.36. The van der Waals surface area contributed by atoms with Gasteiger partial charge in [-0.25, -0.2) is 9.78 Å². The summed E-state index contributed by atoms with van der Waals surface area (Å²) in [5.41, 5.74) is -0.557. The number of carbonyl (C=O) groups excluding carboxylic acids is 2. The van der Waals surface area contributed by atoms with Gasteiger partial charge in [0.05, 0.1) is 24.8 Å². The molecule has 0 fully saturated rings. The first-order valence-corrected chi connectivity index (χ1v) is 7.44. The van der Waals surface area contributed by atoms with Crippen molar-refractivity contribution in [2.75, 3.05) is 26.9 Å². The second-order valence-electron chi connectivity index (χ2n) is 5.31. The molecule has 0 aromatic carbocycles. The van der Waals surface area contributed by atoms with Gasteiger partial charge < -0.3 is 18.8 Å². The predicted molar refractivity (Wildman–Crippen MR) is 83.6 cm³/mol. The molecule has 0 aliphatic rings.